The van der Waals surface area contributed by atoms with Crippen LogP contribution in [0, 0.1) is 17.2 Å². The maximum Gasteiger partial charge on any atom is 0.123 e. The minimum Gasteiger partial charge on any atom is -0.317 e. The Labute approximate surface area is 128 Å². The van der Waals surface area contributed by atoms with Crippen molar-refractivity contribution in [2.24, 2.45) is 11.3 Å². The fraction of sp³-hybridized carbons (Fsp3) is 0.667. The highest BCUT2D eigenvalue weighted by Crippen LogP contribution is 2.39. The van der Waals surface area contributed by atoms with Crippen molar-refractivity contribution < 1.29 is 4.39 Å². The van der Waals surface area contributed by atoms with Gasteiger partial charge < -0.3 is 10.2 Å². The van der Waals surface area contributed by atoms with E-state index in [0.29, 0.717) is 17.4 Å². The van der Waals surface area contributed by atoms with Gasteiger partial charge in [-0.05, 0) is 62.4 Å². The van der Waals surface area contributed by atoms with E-state index in [-0.39, 0.29) is 5.82 Å². The normalized spacial score (nSPS) is 25.2. The lowest BCUT2D eigenvalue weighted by atomic mass is 9.69. The van der Waals surface area contributed by atoms with Crippen molar-refractivity contribution in [2.75, 3.05) is 20.6 Å². The summed E-state index contributed by atoms with van der Waals surface area (Å²) in [4.78, 5) is 2.32. The van der Waals surface area contributed by atoms with Gasteiger partial charge in [-0.1, -0.05) is 26.0 Å². The fourth-order valence-corrected chi connectivity index (χ4v) is 3.72. The Morgan fingerprint density at radius 3 is 2.81 bits per heavy atom. The Morgan fingerprint density at radius 1 is 1.38 bits per heavy atom. The van der Waals surface area contributed by atoms with Crippen molar-refractivity contribution >= 4 is 0 Å². The van der Waals surface area contributed by atoms with E-state index >= 15 is 0 Å². The predicted molar refractivity (Wildman–Crippen MR) is 86.7 cm³/mol. The second-order valence-electron chi connectivity index (χ2n) is 7.39. The molecule has 2 atom stereocenters. The van der Waals surface area contributed by atoms with Crippen LogP contribution in [0.1, 0.15) is 38.7 Å². The van der Waals surface area contributed by atoms with Gasteiger partial charge in [0, 0.05) is 19.1 Å². The molecule has 0 amide bonds. The van der Waals surface area contributed by atoms with E-state index in [9.17, 15) is 4.39 Å². The molecule has 0 saturated heterocycles. The molecule has 21 heavy (non-hydrogen) atoms. The van der Waals surface area contributed by atoms with Gasteiger partial charge in [-0.25, -0.2) is 4.39 Å². The molecule has 1 aliphatic rings. The summed E-state index contributed by atoms with van der Waals surface area (Å²) in [5, 5.41) is 3.48. The molecule has 118 valence electrons. The smallest absolute Gasteiger partial charge is 0.123 e. The van der Waals surface area contributed by atoms with E-state index in [1.165, 1.54) is 25.3 Å². The monoisotopic (exact) mass is 292 g/mol. The SMILES string of the molecule is CNC1CCC(C)(C)CC1CN(C)Cc1cccc(F)c1. The van der Waals surface area contributed by atoms with Crippen molar-refractivity contribution in [3.8, 4) is 0 Å². The van der Waals surface area contributed by atoms with E-state index < -0.39 is 0 Å². The first-order chi connectivity index (χ1) is 9.89. The number of nitrogens with zero attached hydrogens (tertiary/aromatic N) is 1. The average Bonchev–Trinajstić information content (AvgIpc) is 2.37. The molecular weight excluding hydrogens is 263 g/mol. The summed E-state index contributed by atoms with van der Waals surface area (Å²) in [7, 11) is 4.21. The third-order valence-electron chi connectivity index (χ3n) is 4.77. The van der Waals surface area contributed by atoms with Gasteiger partial charge in [0.15, 0.2) is 0 Å². The highest BCUT2D eigenvalue weighted by atomic mass is 19.1. The van der Waals surface area contributed by atoms with Crippen molar-refractivity contribution in [2.45, 2.75) is 45.7 Å². The van der Waals surface area contributed by atoms with Crippen LogP contribution in [0.15, 0.2) is 24.3 Å². The molecule has 0 spiro atoms. The molecule has 2 unspecified atom stereocenters. The number of halogens is 1. The molecule has 1 aliphatic carbocycles. The van der Waals surface area contributed by atoms with Crippen LogP contribution in [0.3, 0.4) is 0 Å². The van der Waals surface area contributed by atoms with E-state index in [4.69, 9.17) is 0 Å². The number of benzene rings is 1. The summed E-state index contributed by atoms with van der Waals surface area (Å²) in [6.45, 7) is 6.62. The van der Waals surface area contributed by atoms with E-state index in [1.807, 2.05) is 6.07 Å². The Morgan fingerprint density at radius 2 is 2.14 bits per heavy atom. The second kappa shape index (κ2) is 6.89. The minimum atomic E-state index is -0.146. The number of rotatable bonds is 5. The highest BCUT2D eigenvalue weighted by molar-refractivity contribution is 5.16. The lowest BCUT2D eigenvalue weighted by Crippen LogP contribution is -2.45. The first-order valence-corrected chi connectivity index (χ1v) is 8.00. The maximum absolute atomic E-state index is 13.3. The van der Waals surface area contributed by atoms with E-state index in [1.54, 1.807) is 12.1 Å². The van der Waals surface area contributed by atoms with Gasteiger partial charge in [-0.15, -0.1) is 0 Å². The molecule has 2 nitrogen and oxygen atoms in total. The van der Waals surface area contributed by atoms with Crippen LogP contribution in [0.25, 0.3) is 0 Å². The summed E-state index contributed by atoms with van der Waals surface area (Å²) in [6.07, 6.45) is 3.80. The van der Waals surface area contributed by atoms with Gasteiger partial charge in [-0.3, -0.25) is 0 Å². The molecule has 1 N–H and O–H groups in total. The standard InChI is InChI=1S/C18H29FN2/c1-18(2)9-8-17(20-3)15(11-18)13-21(4)12-14-6-5-7-16(19)10-14/h5-7,10,15,17,20H,8-9,11-13H2,1-4H3. The van der Waals surface area contributed by atoms with Crippen molar-refractivity contribution in [3.05, 3.63) is 35.6 Å². The van der Waals surface area contributed by atoms with Crippen LogP contribution >= 0.6 is 0 Å². The molecule has 0 aromatic heterocycles. The summed E-state index contributed by atoms with van der Waals surface area (Å²) < 4.78 is 13.3. The third-order valence-corrected chi connectivity index (χ3v) is 4.77. The molecule has 0 bridgehead atoms. The van der Waals surface area contributed by atoms with Crippen LogP contribution in [0.5, 0.6) is 0 Å². The van der Waals surface area contributed by atoms with Crippen molar-refractivity contribution in [1.29, 1.82) is 0 Å². The van der Waals surface area contributed by atoms with Crippen LogP contribution < -0.4 is 5.32 Å². The fourth-order valence-electron chi connectivity index (χ4n) is 3.72. The molecule has 0 radical (unpaired) electrons. The summed E-state index contributed by atoms with van der Waals surface area (Å²) >= 11 is 0. The number of nitrogens with one attached hydrogen (secondary N) is 1. The molecule has 0 aliphatic heterocycles. The number of hydrogen-bond donors (Lipinski definition) is 1. The highest BCUT2D eigenvalue weighted by Gasteiger charge is 2.34. The quantitative estimate of drug-likeness (QED) is 0.891. The lowest BCUT2D eigenvalue weighted by molar-refractivity contribution is 0.110. The average molecular weight is 292 g/mol. The van der Waals surface area contributed by atoms with E-state index in [2.05, 4.69) is 38.2 Å². The molecular formula is C18H29FN2. The molecule has 2 rings (SSSR count). The molecule has 3 heteroatoms. The maximum atomic E-state index is 13.3. The predicted octanol–water partition coefficient (Wildman–Crippen LogP) is 3.67. The zero-order chi connectivity index (χ0) is 15.5. The topological polar surface area (TPSA) is 15.3 Å². The Hall–Kier alpha value is -0.930. The van der Waals surface area contributed by atoms with E-state index in [0.717, 1.165) is 18.7 Å². The molecule has 1 fully saturated rings. The first kappa shape index (κ1) is 16.4. The van der Waals surface area contributed by atoms with Crippen LogP contribution in [-0.2, 0) is 6.54 Å². The molecule has 0 heterocycles. The van der Waals surface area contributed by atoms with Crippen LogP contribution in [0.2, 0.25) is 0 Å². The van der Waals surface area contributed by atoms with Crippen LogP contribution in [0.4, 0.5) is 4.39 Å². The van der Waals surface area contributed by atoms with Crippen molar-refractivity contribution in [3.63, 3.8) is 0 Å². The largest absolute Gasteiger partial charge is 0.317 e. The van der Waals surface area contributed by atoms with Gasteiger partial charge in [0.1, 0.15) is 5.82 Å². The Balaban J connectivity index is 1.95. The van der Waals surface area contributed by atoms with Crippen LogP contribution in [-0.4, -0.2) is 31.6 Å². The third kappa shape index (κ3) is 4.79. The van der Waals surface area contributed by atoms with Gasteiger partial charge in [-0.2, -0.15) is 0 Å². The zero-order valence-electron chi connectivity index (χ0n) is 13.8. The Bertz CT molecular complexity index is 458. The summed E-state index contributed by atoms with van der Waals surface area (Å²) in [5.41, 5.74) is 1.49. The van der Waals surface area contributed by atoms with Crippen molar-refractivity contribution in [1.82, 2.24) is 10.2 Å². The summed E-state index contributed by atoms with van der Waals surface area (Å²) in [6, 6.07) is 7.53. The van der Waals surface area contributed by atoms with Gasteiger partial charge in [0.05, 0.1) is 0 Å². The molecule has 1 aromatic carbocycles. The minimum absolute atomic E-state index is 0.146. The van der Waals surface area contributed by atoms with Gasteiger partial charge in [0.2, 0.25) is 0 Å². The first-order valence-electron chi connectivity index (χ1n) is 8.00. The Kier molecular flexibility index (Phi) is 5.39. The molecule has 1 saturated carbocycles. The number of hydrogen-bond acceptors (Lipinski definition) is 2. The van der Waals surface area contributed by atoms with Gasteiger partial charge >= 0.3 is 0 Å². The summed E-state index contributed by atoms with van der Waals surface area (Å²) in [5.74, 6) is 0.519. The van der Waals surface area contributed by atoms with Gasteiger partial charge in [0.25, 0.3) is 0 Å². The lowest BCUT2D eigenvalue weighted by Gasteiger charge is -2.42. The molecule has 1 aromatic rings. The zero-order valence-corrected chi connectivity index (χ0v) is 13.8. The second-order valence-corrected chi connectivity index (χ2v) is 7.39.